The van der Waals surface area contributed by atoms with Crippen molar-refractivity contribution >= 4 is 17.9 Å². The van der Waals surface area contributed by atoms with Gasteiger partial charge in [0.05, 0.1) is 0 Å². The molecule has 0 N–H and O–H groups in total. The molecule has 0 rings (SSSR count). The molecule has 0 aliphatic heterocycles. The van der Waals surface area contributed by atoms with E-state index in [9.17, 15) is 14.4 Å². The molecule has 0 heterocycles. The van der Waals surface area contributed by atoms with Crippen LogP contribution in [0.3, 0.4) is 0 Å². The lowest BCUT2D eigenvalue weighted by Crippen LogP contribution is -2.30. The van der Waals surface area contributed by atoms with Gasteiger partial charge in [0.1, 0.15) is 13.2 Å². The number of carbonyl (C=O) groups excluding carboxylic acids is 3. The van der Waals surface area contributed by atoms with Gasteiger partial charge in [-0.05, 0) is 70.6 Å². The van der Waals surface area contributed by atoms with Gasteiger partial charge in [-0.25, -0.2) is 0 Å². The molecule has 0 aromatic carbocycles. The minimum absolute atomic E-state index is 0.0724. The van der Waals surface area contributed by atoms with Gasteiger partial charge in [0.15, 0.2) is 6.10 Å². The number of hydrogen-bond donors (Lipinski definition) is 0. The standard InChI is InChI=1S/C66H116O6/c1-4-7-10-13-15-17-19-21-23-25-27-28-29-30-31-32-33-34-35-36-37-38-39-41-42-44-46-48-50-53-56-59-65(68)71-62-63(61-70-64(67)58-55-52-12-9-6-3)72-66(69)60-57-54-51-49-47-45-43-40-26-24-22-20-18-16-14-11-8-5-2/h7,10,15,17,21,23,27-28,30-31,33-34,63H,4-6,8-9,11-14,16,18-20,22,24-26,29,32,35-62H2,1-3H3/b10-7-,17-15-,23-21-,28-27-,31-30-,34-33-. The van der Waals surface area contributed by atoms with Crippen LogP contribution in [0.25, 0.3) is 0 Å². The van der Waals surface area contributed by atoms with Crippen molar-refractivity contribution < 1.29 is 28.6 Å². The summed E-state index contributed by atoms with van der Waals surface area (Å²) in [4.78, 5) is 37.9. The third-order valence-electron chi connectivity index (χ3n) is 13.5. The first-order valence-corrected chi connectivity index (χ1v) is 30.9. The van der Waals surface area contributed by atoms with E-state index in [1.165, 1.54) is 167 Å². The first kappa shape index (κ1) is 68.8. The summed E-state index contributed by atoms with van der Waals surface area (Å²) in [6.45, 7) is 6.48. The largest absolute Gasteiger partial charge is 0.462 e. The summed E-state index contributed by atoms with van der Waals surface area (Å²) in [6, 6.07) is 0. The number of hydrogen-bond acceptors (Lipinski definition) is 6. The summed E-state index contributed by atoms with van der Waals surface area (Å²) in [6.07, 6.45) is 78.1. The van der Waals surface area contributed by atoms with Gasteiger partial charge in [0.25, 0.3) is 0 Å². The van der Waals surface area contributed by atoms with Crippen molar-refractivity contribution in [1.29, 1.82) is 0 Å². The highest BCUT2D eigenvalue weighted by Gasteiger charge is 2.19. The Labute approximate surface area is 446 Å². The van der Waals surface area contributed by atoms with Crippen molar-refractivity contribution in [2.45, 2.75) is 316 Å². The lowest BCUT2D eigenvalue weighted by atomic mass is 10.0. The third-order valence-corrected chi connectivity index (χ3v) is 13.5. The van der Waals surface area contributed by atoms with E-state index in [0.717, 1.165) is 103 Å². The topological polar surface area (TPSA) is 78.9 Å². The summed E-state index contributed by atoms with van der Waals surface area (Å²) >= 11 is 0. The molecule has 6 heteroatoms. The molecule has 72 heavy (non-hydrogen) atoms. The molecule has 0 spiro atoms. The van der Waals surface area contributed by atoms with E-state index in [2.05, 4.69) is 93.7 Å². The fraction of sp³-hybridized carbons (Fsp3) is 0.773. The second-order valence-corrected chi connectivity index (χ2v) is 20.6. The summed E-state index contributed by atoms with van der Waals surface area (Å²) in [5.74, 6) is -0.874. The fourth-order valence-corrected chi connectivity index (χ4v) is 8.86. The molecule has 0 aromatic heterocycles. The summed E-state index contributed by atoms with van der Waals surface area (Å²) in [5, 5.41) is 0. The summed E-state index contributed by atoms with van der Waals surface area (Å²) in [7, 11) is 0. The molecule has 416 valence electrons. The lowest BCUT2D eigenvalue weighted by molar-refractivity contribution is -0.167. The molecule has 0 aromatic rings. The number of ether oxygens (including phenoxy) is 3. The van der Waals surface area contributed by atoms with E-state index in [1.807, 2.05) is 0 Å². The third kappa shape index (κ3) is 57.7. The van der Waals surface area contributed by atoms with Crippen LogP contribution in [0.15, 0.2) is 72.9 Å². The Morgan fingerprint density at radius 1 is 0.292 bits per heavy atom. The Bertz CT molecular complexity index is 1340. The van der Waals surface area contributed by atoms with Crippen LogP contribution in [0.4, 0.5) is 0 Å². The van der Waals surface area contributed by atoms with Crippen molar-refractivity contribution in [2.24, 2.45) is 0 Å². The smallest absolute Gasteiger partial charge is 0.306 e. The van der Waals surface area contributed by atoms with Crippen LogP contribution in [0.1, 0.15) is 310 Å². The maximum atomic E-state index is 12.8. The van der Waals surface area contributed by atoms with Crippen LogP contribution < -0.4 is 0 Å². The number of allylic oxidation sites excluding steroid dienone is 12. The van der Waals surface area contributed by atoms with Gasteiger partial charge >= 0.3 is 17.9 Å². The molecular weight excluding hydrogens is 889 g/mol. The van der Waals surface area contributed by atoms with E-state index < -0.39 is 6.10 Å². The van der Waals surface area contributed by atoms with Gasteiger partial charge in [0.2, 0.25) is 0 Å². The van der Waals surface area contributed by atoms with Crippen molar-refractivity contribution in [1.82, 2.24) is 0 Å². The number of esters is 3. The Kier molecular flexibility index (Phi) is 57.8. The number of carbonyl (C=O) groups is 3. The van der Waals surface area contributed by atoms with Crippen LogP contribution >= 0.6 is 0 Å². The average molecular weight is 1010 g/mol. The van der Waals surface area contributed by atoms with Gasteiger partial charge in [-0.15, -0.1) is 0 Å². The van der Waals surface area contributed by atoms with E-state index >= 15 is 0 Å². The molecular formula is C66H116O6. The minimum Gasteiger partial charge on any atom is -0.462 e. The Morgan fingerprint density at radius 2 is 0.542 bits per heavy atom. The van der Waals surface area contributed by atoms with Crippen LogP contribution in [0.5, 0.6) is 0 Å². The highest BCUT2D eigenvalue weighted by atomic mass is 16.6. The Balaban J connectivity index is 4.01. The van der Waals surface area contributed by atoms with Crippen molar-refractivity contribution in [3.05, 3.63) is 72.9 Å². The van der Waals surface area contributed by atoms with E-state index in [0.29, 0.717) is 19.3 Å². The maximum Gasteiger partial charge on any atom is 0.306 e. The van der Waals surface area contributed by atoms with E-state index in [1.54, 1.807) is 0 Å². The molecule has 0 amide bonds. The summed E-state index contributed by atoms with van der Waals surface area (Å²) < 4.78 is 16.8. The van der Waals surface area contributed by atoms with Gasteiger partial charge in [-0.3, -0.25) is 14.4 Å². The zero-order chi connectivity index (χ0) is 52.2. The molecule has 1 unspecified atom stereocenters. The Morgan fingerprint density at radius 3 is 0.847 bits per heavy atom. The quantitative estimate of drug-likeness (QED) is 0.0261. The monoisotopic (exact) mass is 1000 g/mol. The molecule has 0 fully saturated rings. The zero-order valence-corrected chi connectivity index (χ0v) is 47.7. The van der Waals surface area contributed by atoms with Crippen molar-refractivity contribution in [3.8, 4) is 0 Å². The zero-order valence-electron chi connectivity index (χ0n) is 47.7. The van der Waals surface area contributed by atoms with Crippen molar-refractivity contribution in [2.75, 3.05) is 13.2 Å². The van der Waals surface area contributed by atoms with Gasteiger partial charge in [-0.2, -0.15) is 0 Å². The minimum atomic E-state index is -0.769. The number of rotatable bonds is 56. The van der Waals surface area contributed by atoms with Crippen LogP contribution in [-0.2, 0) is 28.6 Å². The Hall–Kier alpha value is -3.15. The molecule has 0 saturated carbocycles. The second-order valence-electron chi connectivity index (χ2n) is 20.6. The second kappa shape index (κ2) is 60.4. The molecule has 0 aliphatic carbocycles. The molecule has 0 saturated heterocycles. The first-order chi connectivity index (χ1) is 35.5. The normalized spacial score (nSPS) is 12.5. The highest BCUT2D eigenvalue weighted by molar-refractivity contribution is 5.71. The maximum absolute atomic E-state index is 12.8. The predicted octanol–water partition coefficient (Wildman–Crippen LogP) is 20.9. The van der Waals surface area contributed by atoms with Crippen molar-refractivity contribution in [3.63, 3.8) is 0 Å². The van der Waals surface area contributed by atoms with Crippen LogP contribution in [0.2, 0.25) is 0 Å². The van der Waals surface area contributed by atoms with Crippen LogP contribution in [-0.4, -0.2) is 37.2 Å². The molecule has 0 aliphatic rings. The summed E-state index contributed by atoms with van der Waals surface area (Å²) in [5.41, 5.74) is 0. The van der Waals surface area contributed by atoms with E-state index in [4.69, 9.17) is 14.2 Å². The predicted molar refractivity (Wildman–Crippen MR) is 311 cm³/mol. The SMILES string of the molecule is CC/C=C\C/C=C\C/C=C\C/C=C\C/C=C\C/C=C\CCCCCCCCCCCCCCC(=O)OCC(COC(=O)CCCCCCC)OC(=O)CCCCCCCCCCCCCCCCCCCC. The van der Waals surface area contributed by atoms with Gasteiger partial charge in [0, 0.05) is 19.3 Å². The van der Waals surface area contributed by atoms with Gasteiger partial charge in [-0.1, -0.05) is 293 Å². The molecule has 0 bridgehead atoms. The first-order valence-electron chi connectivity index (χ1n) is 30.9. The highest BCUT2D eigenvalue weighted by Crippen LogP contribution is 2.17. The van der Waals surface area contributed by atoms with E-state index in [-0.39, 0.29) is 31.1 Å². The molecule has 6 nitrogen and oxygen atoms in total. The molecule has 0 radical (unpaired) electrons. The average Bonchev–Trinajstić information content (AvgIpc) is 3.38. The molecule has 1 atom stereocenters. The van der Waals surface area contributed by atoms with Gasteiger partial charge < -0.3 is 14.2 Å². The lowest BCUT2D eigenvalue weighted by Gasteiger charge is -2.18. The fourth-order valence-electron chi connectivity index (χ4n) is 8.86. The van der Waals surface area contributed by atoms with Crippen LogP contribution in [0, 0.1) is 0 Å². The number of unbranched alkanes of at least 4 members (excludes halogenated alkanes) is 33.